The van der Waals surface area contributed by atoms with Crippen LogP contribution in [0.15, 0.2) is 60.0 Å². The highest BCUT2D eigenvalue weighted by Crippen LogP contribution is 2.30. The normalized spacial score (nSPS) is 16.2. The Kier molecular flexibility index (Phi) is 5.41. The summed E-state index contributed by atoms with van der Waals surface area (Å²) in [5.74, 6) is -0.323. The molecule has 1 fully saturated rings. The molecule has 1 aliphatic rings. The van der Waals surface area contributed by atoms with Crippen molar-refractivity contribution < 1.29 is 9.59 Å². The topological polar surface area (TPSA) is 62.3 Å². The van der Waals surface area contributed by atoms with Gasteiger partial charge in [0.15, 0.2) is 5.13 Å². The lowest BCUT2D eigenvalue weighted by molar-refractivity contribution is -0.119. The van der Waals surface area contributed by atoms with E-state index in [1.165, 1.54) is 11.3 Å². The second-order valence-corrected chi connectivity index (χ2v) is 7.79. The van der Waals surface area contributed by atoms with Crippen molar-refractivity contribution in [2.45, 2.75) is 18.9 Å². The maximum Gasteiger partial charge on any atom is 0.254 e. The van der Waals surface area contributed by atoms with Gasteiger partial charge in [0.2, 0.25) is 5.91 Å². The SMILES string of the molecule is O=C(Nc1nc(-c2ccccc2Cl)cs1)[C@@H]1CCCN1C(=O)c1ccccc1. The van der Waals surface area contributed by atoms with Gasteiger partial charge in [-0.25, -0.2) is 4.98 Å². The first-order valence-electron chi connectivity index (χ1n) is 9.01. The molecule has 2 amide bonds. The fraction of sp³-hybridized carbons (Fsp3) is 0.190. The second kappa shape index (κ2) is 8.12. The number of carbonyl (C=O) groups is 2. The molecule has 0 bridgehead atoms. The molecule has 0 spiro atoms. The first-order valence-corrected chi connectivity index (χ1v) is 10.3. The fourth-order valence-corrected chi connectivity index (χ4v) is 4.29. The largest absolute Gasteiger partial charge is 0.327 e. The summed E-state index contributed by atoms with van der Waals surface area (Å²) < 4.78 is 0. The minimum absolute atomic E-state index is 0.117. The van der Waals surface area contributed by atoms with Crippen LogP contribution in [-0.4, -0.2) is 34.3 Å². The van der Waals surface area contributed by atoms with Gasteiger partial charge in [-0.15, -0.1) is 11.3 Å². The number of amides is 2. The quantitative estimate of drug-likeness (QED) is 0.676. The van der Waals surface area contributed by atoms with Crippen LogP contribution in [-0.2, 0) is 4.79 Å². The Morgan fingerprint density at radius 1 is 1.11 bits per heavy atom. The van der Waals surface area contributed by atoms with E-state index in [1.807, 2.05) is 41.8 Å². The average molecular weight is 412 g/mol. The molecule has 1 aliphatic heterocycles. The Labute approximate surface area is 172 Å². The van der Waals surface area contributed by atoms with Crippen molar-refractivity contribution in [3.8, 4) is 11.3 Å². The smallest absolute Gasteiger partial charge is 0.254 e. The van der Waals surface area contributed by atoms with Gasteiger partial charge in [0.1, 0.15) is 6.04 Å². The molecule has 1 aromatic heterocycles. The Balaban J connectivity index is 1.48. The van der Waals surface area contributed by atoms with Crippen molar-refractivity contribution in [2.75, 3.05) is 11.9 Å². The van der Waals surface area contributed by atoms with Crippen LogP contribution in [0.3, 0.4) is 0 Å². The van der Waals surface area contributed by atoms with Gasteiger partial charge in [0.05, 0.1) is 5.69 Å². The molecule has 2 aromatic carbocycles. The monoisotopic (exact) mass is 411 g/mol. The number of nitrogens with one attached hydrogen (secondary N) is 1. The summed E-state index contributed by atoms with van der Waals surface area (Å²) in [4.78, 5) is 31.7. The van der Waals surface area contributed by atoms with Gasteiger partial charge in [-0.1, -0.05) is 48.0 Å². The standard InChI is InChI=1S/C21H18ClN3O2S/c22-16-10-5-4-9-15(16)17-13-28-21(23-17)24-19(26)18-11-6-12-25(18)20(27)14-7-2-1-3-8-14/h1-5,7-10,13,18H,6,11-12H2,(H,23,24,26)/t18-/m0/s1. The highest BCUT2D eigenvalue weighted by atomic mass is 35.5. The van der Waals surface area contributed by atoms with E-state index in [1.54, 1.807) is 23.1 Å². The van der Waals surface area contributed by atoms with Crippen LogP contribution < -0.4 is 5.32 Å². The van der Waals surface area contributed by atoms with Crippen molar-refractivity contribution in [3.63, 3.8) is 0 Å². The lowest BCUT2D eigenvalue weighted by Gasteiger charge is -2.23. The predicted molar refractivity (Wildman–Crippen MR) is 112 cm³/mol. The molecule has 3 aromatic rings. The number of nitrogens with zero attached hydrogens (tertiary/aromatic N) is 2. The molecule has 2 heterocycles. The maximum absolute atomic E-state index is 12.8. The van der Waals surface area contributed by atoms with Gasteiger partial charge in [-0.2, -0.15) is 0 Å². The highest BCUT2D eigenvalue weighted by Gasteiger charge is 2.34. The number of hydrogen-bond donors (Lipinski definition) is 1. The van der Waals surface area contributed by atoms with Gasteiger partial charge in [-0.05, 0) is 31.0 Å². The third kappa shape index (κ3) is 3.79. The third-order valence-electron chi connectivity index (χ3n) is 4.72. The summed E-state index contributed by atoms with van der Waals surface area (Å²) in [6.07, 6.45) is 1.45. The van der Waals surface area contributed by atoms with Crippen LogP contribution in [0, 0.1) is 0 Å². The Bertz CT molecular complexity index is 1010. The summed E-state index contributed by atoms with van der Waals surface area (Å²) in [7, 11) is 0. The van der Waals surface area contributed by atoms with Crippen molar-refractivity contribution in [1.82, 2.24) is 9.88 Å². The van der Waals surface area contributed by atoms with Crippen molar-refractivity contribution in [2.24, 2.45) is 0 Å². The van der Waals surface area contributed by atoms with E-state index in [4.69, 9.17) is 11.6 Å². The number of likely N-dealkylation sites (tertiary alicyclic amines) is 1. The van der Waals surface area contributed by atoms with Crippen LogP contribution >= 0.6 is 22.9 Å². The summed E-state index contributed by atoms with van der Waals surface area (Å²) in [6.45, 7) is 0.578. The first-order chi connectivity index (χ1) is 13.6. The number of thiazole rings is 1. The molecule has 1 N–H and O–H groups in total. The zero-order chi connectivity index (χ0) is 19.5. The van der Waals surface area contributed by atoms with Crippen molar-refractivity contribution >= 4 is 39.9 Å². The van der Waals surface area contributed by atoms with Gasteiger partial charge in [-0.3, -0.25) is 9.59 Å². The average Bonchev–Trinajstić information content (AvgIpc) is 3.38. The van der Waals surface area contributed by atoms with Crippen LogP contribution in [0.2, 0.25) is 5.02 Å². The molecule has 4 rings (SSSR count). The molecule has 142 valence electrons. The predicted octanol–water partition coefficient (Wildman–Crippen LogP) is 4.71. The van der Waals surface area contributed by atoms with Crippen LogP contribution in [0.25, 0.3) is 11.3 Å². The van der Waals surface area contributed by atoms with Gasteiger partial charge >= 0.3 is 0 Å². The molecule has 0 saturated carbocycles. The lowest BCUT2D eigenvalue weighted by atomic mass is 10.1. The van der Waals surface area contributed by atoms with Gasteiger partial charge < -0.3 is 10.2 Å². The highest BCUT2D eigenvalue weighted by molar-refractivity contribution is 7.14. The van der Waals surface area contributed by atoms with Gasteiger partial charge in [0.25, 0.3) is 5.91 Å². The van der Waals surface area contributed by atoms with Crippen LogP contribution in [0.5, 0.6) is 0 Å². The molecular weight excluding hydrogens is 394 g/mol. The summed E-state index contributed by atoms with van der Waals surface area (Å²) in [5, 5.41) is 5.83. The molecule has 5 nitrogen and oxygen atoms in total. The van der Waals surface area contributed by atoms with E-state index in [2.05, 4.69) is 10.3 Å². The van der Waals surface area contributed by atoms with E-state index in [0.29, 0.717) is 28.7 Å². The Morgan fingerprint density at radius 3 is 2.64 bits per heavy atom. The van der Waals surface area contributed by atoms with Crippen molar-refractivity contribution in [3.05, 3.63) is 70.6 Å². The van der Waals surface area contributed by atoms with Gasteiger partial charge in [0, 0.05) is 28.1 Å². The molecule has 7 heteroatoms. The van der Waals surface area contributed by atoms with E-state index in [9.17, 15) is 9.59 Å². The van der Waals surface area contributed by atoms with Crippen LogP contribution in [0.1, 0.15) is 23.2 Å². The Morgan fingerprint density at radius 2 is 1.86 bits per heavy atom. The molecule has 0 radical (unpaired) electrons. The zero-order valence-electron chi connectivity index (χ0n) is 15.0. The number of rotatable bonds is 4. The van der Waals surface area contributed by atoms with E-state index < -0.39 is 6.04 Å². The number of benzene rings is 2. The number of anilines is 1. The molecule has 0 unspecified atom stereocenters. The number of carbonyl (C=O) groups excluding carboxylic acids is 2. The maximum atomic E-state index is 12.8. The summed E-state index contributed by atoms with van der Waals surface area (Å²) in [6, 6.07) is 16.0. The number of halogens is 1. The van der Waals surface area contributed by atoms with E-state index >= 15 is 0 Å². The fourth-order valence-electron chi connectivity index (χ4n) is 3.34. The molecule has 1 saturated heterocycles. The first kappa shape index (κ1) is 18.7. The van der Waals surface area contributed by atoms with E-state index in [-0.39, 0.29) is 11.8 Å². The minimum atomic E-state index is -0.486. The van der Waals surface area contributed by atoms with E-state index in [0.717, 1.165) is 17.7 Å². The zero-order valence-corrected chi connectivity index (χ0v) is 16.5. The molecule has 28 heavy (non-hydrogen) atoms. The molecule has 0 aliphatic carbocycles. The summed E-state index contributed by atoms with van der Waals surface area (Å²) >= 11 is 7.56. The lowest BCUT2D eigenvalue weighted by Crippen LogP contribution is -2.43. The second-order valence-electron chi connectivity index (χ2n) is 6.53. The van der Waals surface area contributed by atoms with Crippen LogP contribution in [0.4, 0.5) is 5.13 Å². The molecular formula is C21H18ClN3O2S. The van der Waals surface area contributed by atoms with Crippen molar-refractivity contribution in [1.29, 1.82) is 0 Å². The number of aromatic nitrogens is 1. The summed E-state index contributed by atoms with van der Waals surface area (Å²) in [5.41, 5.74) is 2.13. The molecule has 1 atom stereocenters. The Hall–Kier alpha value is -2.70. The number of hydrogen-bond acceptors (Lipinski definition) is 4. The third-order valence-corrected chi connectivity index (χ3v) is 5.81. The minimum Gasteiger partial charge on any atom is -0.327 e.